The number of aliphatic hydroxyl groups excluding tert-OH is 1. The summed E-state index contributed by atoms with van der Waals surface area (Å²) in [6.45, 7) is 0.998. The van der Waals surface area contributed by atoms with Crippen molar-refractivity contribution >= 4 is 15.8 Å². The summed E-state index contributed by atoms with van der Waals surface area (Å²) in [5.74, 6) is 1.49. The number of anilines is 1. The largest absolute Gasteiger partial charge is 0.396 e. The van der Waals surface area contributed by atoms with E-state index in [9.17, 15) is 13.5 Å². The maximum Gasteiger partial charge on any atom is 0.244 e. The number of aliphatic hydroxyl groups is 1. The van der Waals surface area contributed by atoms with Crippen LogP contribution < -0.4 is 5.32 Å². The van der Waals surface area contributed by atoms with Crippen LogP contribution in [0.3, 0.4) is 0 Å². The van der Waals surface area contributed by atoms with Crippen LogP contribution in [0.1, 0.15) is 19.3 Å². The number of aromatic nitrogens is 1. The highest BCUT2D eigenvalue weighted by Gasteiger charge is 2.26. The Morgan fingerprint density at radius 2 is 2.05 bits per heavy atom. The van der Waals surface area contributed by atoms with E-state index in [4.69, 9.17) is 0 Å². The monoisotopic (exact) mass is 313 g/mol. The topological polar surface area (TPSA) is 82.5 Å². The lowest BCUT2D eigenvalue weighted by Crippen LogP contribution is -2.23. The second-order valence-corrected chi connectivity index (χ2v) is 7.83. The van der Waals surface area contributed by atoms with Gasteiger partial charge >= 0.3 is 0 Å². The van der Waals surface area contributed by atoms with Crippen molar-refractivity contribution in [3.8, 4) is 0 Å². The summed E-state index contributed by atoms with van der Waals surface area (Å²) in [5, 5.41) is 12.5. The summed E-state index contributed by atoms with van der Waals surface area (Å²) in [6.07, 6.45) is 4.72. The number of sulfonamides is 1. The fourth-order valence-corrected chi connectivity index (χ4v) is 3.55. The van der Waals surface area contributed by atoms with E-state index in [1.165, 1.54) is 24.6 Å². The minimum Gasteiger partial charge on any atom is -0.396 e. The van der Waals surface area contributed by atoms with Crippen LogP contribution in [-0.2, 0) is 10.0 Å². The van der Waals surface area contributed by atoms with Crippen molar-refractivity contribution in [2.24, 2.45) is 11.8 Å². The highest BCUT2D eigenvalue weighted by Crippen LogP contribution is 2.31. The Morgan fingerprint density at radius 3 is 2.62 bits per heavy atom. The summed E-state index contributed by atoms with van der Waals surface area (Å²) in [4.78, 5) is 4.35. The molecule has 0 spiro atoms. The van der Waals surface area contributed by atoms with Gasteiger partial charge in [0.05, 0.1) is 0 Å². The predicted molar refractivity (Wildman–Crippen MR) is 81.5 cm³/mol. The van der Waals surface area contributed by atoms with Gasteiger partial charge in [-0.05, 0) is 36.8 Å². The molecular weight excluding hydrogens is 290 g/mol. The molecule has 2 N–H and O–H groups in total. The zero-order chi connectivity index (χ0) is 15.5. The van der Waals surface area contributed by atoms with Crippen molar-refractivity contribution in [1.29, 1.82) is 0 Å². The lowest BCUT2D eigenvalue weighted by atomic mass is 9.97. The normalized spacial score (nSPS) is 22.7. The Hall–Kier alpha value is -1.18. The quantitative estimate of drug-likeness (QED) is 0.823. The first-order valence-corrected chi connectivity index (χ1v) is 8.62. The molecule has 1 aromatic heterocycles. The van der Waals surface area contributed by atoms with Crippen LogP contribution in [0.5, 0.6) is 0 Å². The molecule has 0 aromatic carbocycles. The molecule has 1 aromatic rings. The van der Waals surface area contributed by atoms with Gasteiger partial charge in [-0.25, -0.2) is 17.7 Å². The maximum absolute atomic E-state index is 11.9. The van der Waals surface area contributed by atoms with Gasteiger partial charge in [0.2, 0.25) is 10.0 Å². The van der Waals surface area contributed by atoms with E-state index in [0.29, 0.717) is 17.7 Å². The first kappa shape index (κ1) is 16.2. The van der Waals surface area contributed by atoms with E-state index in [0.717, 1.165) is 25.8 Å². The molecule has 1 aliphatic carbocycles. The Morgan fingerprint density at radius 1 is 1.33 bits per heavy atom. The second-order valence-electron chi connectivity index (χ2n) is 5.68. The molecule has 2 atom stereocenters. The Balaban J connectivity index is 1.97. The van der Waals surface area contributed by atoms with Gasteiger partial charge in [0, 0.05) is 33.4 Å². The average molecular weight is 313 g/mol. The molecule has 21 heavy (non-hydrogen) atoms. The van der Waals surface area contributed by atoms with Crippen molar-refractivity contribution in [2.75, 3.05) is 32.6 Å². The molecule has 6 nitrogen and oxygen atoms in total. The molecule has 0 bridgehead atoms. The number of pyridine rings is 1. The highest BCUT2D eigenvalue weighted by molar-refractivity contribution is 7.89. The van der Waals surface area contributed by atoms with Gasteiger partial charge in [0.25, 0.3) is 0 Å². The Bertz CT molecular complexity index is 557. The highest BCUT2D eigenvalue weighted by atomic mass is 32.2. The molecule has 1 fully saturated rings. The lowest BCUT2D eigenvalue weighted by molar-refractivity contribution is 0.199. The van der Waals surface area contributed by atoms with Gasteiger partial charge in [-0.3, -0.25) is 0 Å². The Labute approximate surface area is 126 Å². The zero-order valence-corrected chi connectivity index (χ0v) is 13.3. The molecule has 118 valence electrons. The summed E-state index contributed by atoms with van der Waals surface area (Å²) in [5.41, 5.74) is 0. The van der Waals surface area contributed by atoms with Gasteiger partial charge in [-0.1, -0.05) is 6.42 Å². The smallest absolute Gasteiger partial charge is 0.244 e. The number of nitrogens with one attached hydrogen (secondary N) is 1. The molecule has 1 aliphatic rings. The zero-order valence-electron chi connectivity index (χ0n) is 12.5. The van der Waals surface area contributed by atoms with Crippen LogP contribution in [0.2, 0.25) is 0 Å². The van der Waals surface area contributed by atoms with Crippen molar-refractivity contribution in [2.45, 2.75) is 24.2 Å². The van der Waals surface area contributed by atoms with E-state index in [-0.39, 0.29) is 11.5 Å². The minimum atomic E-state index is -3.43. The van der Waals surface area contributed by atoms with Crippen molar-refractivity contribution in [3.05, 3.63) is 18.3 Å². The van der Waals surface area contributed by atoms with Crippen LogP contribution in [0.15, 0.2) is 23.2 Å². The Kier molecular flexibility index (Phi) is 5.18. The minimum absolute atomic E-state index is 0.187. The molecular formula is C14H23N3O3S. The number of hydrogen-bond acceptors (Lipinski definition) is 5. The fraction of sp³-hybridized carbons (Fsp3) is 0.643. The number of hydrogen-bond donors (Lipinski definition) is 2. The van der Waals surface area contributed by atoms with Gasteiger partial charge in [-0.15, -0.1) is 0 Å². The molecule has 0 saturated heterocycles. The molecule has 0 radical (unpaired) electrons. The molecule has 7 heteroatoms. The number of rotatable bonds is 6. The third kappa shape index (κ3) is 3.72. The van der Waals surface area contributed by atoms with E-state index in [2.05, 4.69) is 10.3 Å². The first-order valence-electron chi connectivity index (χ1n) is 7.18. The van der Waals surface area contributed by atoms with E-state index in [1.807, 2.05) is 0 Å². The number of nitrogens with zero attached hydrogens (tertiary/aromatic N) is 2. The van der Waals surface area contributed by atoms with Gasteiger partial charge < -0.3 is 10.4 Å². The van der Waals surface area contributed by atoms with Gasteiger partial charge in [0.15, 0.2) is 0 Å². The van der Waals surface area contributed by atoms with Crippen LogP contribution in [0.4, 0.5) is 5.82 Å². The standard InChI is InChI=1S/C14H23N3O3S/c1-17(2)21(19,20)13-6-7-14(16-9-13)15-8-11-4-3-5-12(11)10-18/h6-7,9,11-12,18H,3-5,8,10H2,1-2H3,(H,15,16). The van der Waals surface area contributed by atoms with E-state index < -0.39 is 10.0 Å². The summed E-state index contributed by atoms with van der Waals surface area (Å²) >= 11 is 0. The van der Waals surface area contributed by atoms with Gasteiger partial charge in [0.1, 0.15) is 10.7 Å². The van der Waals surface area contributed by atoms with Crippen LogP contribution in [0.25, 0.3) is 0 Å². The predicted octanol–water partition coefficient (Wildman–Crippen LogP) is 1.15. The molecule has 2 unspecified atom stereocenters. The molecule has 1 saturated carbocycles. The molecule has 0 aliphatic heterocycles. The third-order valence-corrected chi connectivity index (χ3v) is 5.91. The van der Waals surface area contributed by atoms with Crippen LogP contribution in [0, 0.1) is 11.8 Å². The van der Waals surface area contributed by atoms with Crippen molar-refractivity contribution in [1.82, 2.24) is 9.29 Å². The third-order valence-electron chi connectivity index (χ3n) is 4.11. The van der Waals surface area contributed by atoms with Crippen molar-refractivity contribution in [3.63, 3.8) is 0 Å². The SMILES string of the molecule is CN(C)S(=O)(=O)c1ccc(NCC2CCCC2CO)nc1. The van der Waals surface area contributed by atoms with Crippen LogP contribution >= 0.6 is 0 Å². The molecule has 1 heterocycles. The van der Waals surface area contributed by atoms with Crippen molar-refractivity contribution < 1.29 is 13.5 Å². The lowest BCUT2D eigenvalue weighted by Gasteiger charge is -2.18. The van der Waals surface area contributed by atoms with E-state index in [1.54, 1.807) is 12.1 Å². The summed E-state index contributed by atoms with van der Waals surface area (Å²) in [6, 6.07) is 3.24. The second kappa shape index (κ2) is 6.72. The molecule has 0 amide bonds. The van der Waals surface area contributed by atoms with Gasteiger partial charge in [-0.2, -0.15) is 0 Å². The van der Waals surface area contributed by atoms with Crippen LogP contribution in [-0.4, -0.2) is 50.1 Å². The average Bonchev–Trinajstić information content (AvgIpc) is 2.92. The summed E-state index contributed by atoms with van der Waals surface area (Å²) in [7, 11) is -0.434. The fourth-order valence-electron chi connectivity index (χ4n) is 2.71. The maximum atomic E-state index is 11.9. The van der Waals surface area contributed by atoms with E-state index >= 15 is 0 Å². The summed E-state index contributed by atoms with van der Waals surface area (Å²) < 4.78 is 25.0. The molecule has 2 rings (SSSR count). The first-order chi connectivity index (χ1) is 9.95.